The van der Waals surface area contributed by atoms with Crippen LogP contribution in [0.5, 0.6) is 0 Å². The summed E-state index contributed by atoms with van der Waals surface area (Å²) in [6.07, 6.45) is 3.00. The number of hydrogen-bond acceptors (Lipinski definition) is 5. The van der Waals surface area contributed by atoms with Gasteiger partial charge >= 0.3 is 0 Å². The molecule has 30 heavy (non-hydrogen) atoms. The van der Waals surface area contributed by atoms with E-state index in [1.807, 2.05) is 6.07 Å². The molecule has 0 fully saturated rings. The number of non-ortho nitro benzene ring substituents is 1. The maximum atomic E-state index is 12.7. The van der Waals surface area contributed by atoms with E-state index in [1.165, 1.54) is 18.4 Å². The fourth-order valence-corrected chi connectivity index (χ4v) is 3.68. The van der Waals surface area contributed by atoms with Crippen LogP contribution in [0, 0.1) is 10.1 Å². The lowest BCUT2D eigenvalue weighted by atomic mass is 10.0. The van der Waals surface area contributed by atoms with Crippen LogP contribution in [0.15, 0.2) is 59.2 Å². The largest absolute Gasteiger partial charge is 0.459 e. The molecule has 0 aliphatic carbocycles. The lowest BCUT2D eigenvalue weighted by Crippen LogP contribution is -2.35. The fraction of sp³-hybridized carbons (Fsp3) is 0.143. The van der Waals surface area contributed by atoms with Crippen LogP contribution in [0.25, 0.3) is 0 Å². The number of carbonyl (C=O) groups is 2. The van der Waals surface area contributed by atoms with Crippen LogP contribution in [0.4, 0.5) is 17.1 Å². The Hall–Kier alpha value is -3.65. The van der Waals surface area contributed by atoms with Crippen LogP contribution in [-0.4, -0.2) is 23.3 Å². The van der Waals surface area contributed by atoms with Gasteiger partial charge in [0, 0.05) is 30.1 Å². The number of furan rings is 1. The Bertz CT molecular complexity index is 1140. The van der Waals surface area contributed by atoms with Gasteiger partial charge in [-0.3, -0.25) is 19.7 Å². The summed E-state index contributed by atoms with van der Waals surface area (Å²) in [5.41, 5.74) is 2.18. The normalized spacial score (nSPS) is 12.9. The molecule has 8 nitrogen and oxygen atoms in total. The Morgan fingerprint density at radius 2 is 2.00 bits per heavy atom. The number of anilines is 2. The van der Waals surface area contributed by atoms with Crippen molar-refractivity contribution in [2.75, 3.05) is 16.8 Å². The van der Waals surface area contributed by atoms with E-state index in [0.717, 1.165) is 30.2 Å². The van der Waals surface area contributed by atoms with Gasteiger partial charge in [-0.05, 0) is 54.8 Å². The lowest BCUT2D eigenvalue weighted by molar-refractivity contribution is -0.384. The number of fused-ring (bicyclic) bond motifs is 1. The summed E-state index contributed by atoms with van der Waals surface area (Å²) in [5, 5.41) is 13.6. The van der Waals surface area contributed by atoms with Gasteiger partial charge < -0.3 is 14.6 Å². The maximum absolute atomic E-state index is 12.7. The average Bonchev–Trinajstić information content (AvgIpc) is 3.27. The topological polar surface area (TPSA) is 106 Å². The Morgan fingerprint density at radius 1 is 1.17 bits per heavy atom. The van der Waals surface area contributed by atoms with E-state index in [9.17, 15) is 19.7 Å². The summed E-state index contributed by atoms with van der Waals surface area (Å²) in [5.74, 6) is -0.419. The number of benzene rings is 2. The summed E-state index contributed by atoms with van der Waals surface area (Å²) < 4.78 is 5.22. The molecular weight excluding hydrogens is 410 g/mol. The molecule has 0 atom stereocenters. The lowest BCUT2D eigenvalue weighted by Gasteiger charge is -2.29. The zero-order valence-corrected chi connectivity index (χ0v) is 16.4. The third kappa shape index (κ3) is 3.77. The van der Waals surface area contributed by atoms with Crippen LogP contribution in [0.3, 0.4) is 0 Å². The second-order valence-electron chi connectivity index (χ2n) is 6.76. The van der Waals surface area contributed by atoms with Gasteiger partial charge in [0.25, 0.3) is 17.5 Å². The minimum absolute atomic E-state index is 0.00474. The van der Waals surface area contributed by atoms with Crippen molar-refractivity contribution in [2.24, 2.45) is 0 Å². The number of carbonyl (C=O) groups excluding carboxylic acids is 2. The van der Waals surface area contributed by atoms with E-state index in [0.29, 0.717) is 12.2 Å². The van der Waals surface area contributed by atoms with E-state index in [1.54, 1.807) is 29.2 Å². The van der Waals surface area contributed by atoms with Gasteiger partial charge in [0.15, 0.2) is 5.76 Å². The fourth-order valence-electron chi connectivity index (χ4n) is 3.42. The van der Waals surface area contributed by atoms with Crippen LogP contribution >= 0.6 is 11.6 Å². The second kappa shape index (κ2) is 8.00. The van der Waals surface area contributed by atoms with Gasteiger partial charge in [-0.15, -0.1) is 0 Å². The number of halogens is 1. The quantitative estimate of drug-likeness (QED) is 0.482. The molecule has 0 unspecified atom stereocenters. The molecule has 0 saturated carbocycles. The van der Waals surface area contributed by atoms with Crippen molar-refractivity contribution in [1.82, 2.24) is 0 Å². The van der Waals surface area contributed by atoms with Crippen LogP contribution in [-0.2, 0) is 6.42 Å². The first-order valence-corrected chi connectivity index (χ1v) is 9.55. The molecule has 9 heteroatoms. The Labute approximate surface area is 176 Å². The Kier molecular flexibility index (Phi) is 5.24. The van der Waals surface area contributed by atoms with E-state index >= 15 is 0 Å². The van der Waals surface area contributed by atoms with E-state index in [4.69, 9.17) is 16.0 Å². The molecule has 0 bridgehead atoms. The van der Waals surface area contributed by atoms with Crippen LogP contribution < -0.4 is 10.2 Å². The van der Waals surface area contributed by atoms with E-state index in [-0.39, 0.29) is 27.9 Å². The minimum Gasteiger partial charge on any atom is -0.459 e. The first-order valence-electron chi connectivity index (χ1n) is 9.17. The molecular formula is C21H16ClN3O5. The SMILES string of the molecule is O=C(Nc1ccc2c(c1)CCCN2C(=O)c1ccco1)c1ccc([N+](=O)[O-])cc1Cl. The van der Waals surface area contributed by atoms with Gasteiger partial charge in [-0.25, -0.2) is 0 Å². The van der Waals surface area contributed by atoms with Crippen molar-refractivity contribution < 1.29 is 18.9 Å². The molecule has 2 amide bonds. The molecule has 2 aromatic carbocycles. The van der Waals surface area contributed by atoms with Gasteiger partial charge in [-0.1, -0.05) is 11.6 Å². The monoisotopic (exact) mass is 425 g/mol. The number of aryl methyl sites for hydroxylation is 1. The van der Waals surface area contributed by atoms with Gasteiger partial charge in [0.05, 0.1) is 21.8 Å². The molecule has 1 aliphatic rings. The predicted molar refractivity (Wildman–Crippen MR) is 111 cm³/mol. The van der Waals surface area contributed by atoms with Crippen LogP contribution in [0.2, 0.25) is 5.02 Å². The first kappa shape index (κ1) is 19.7. The molecule has 1 aromatic heterocycles. The average molecular weight is 426 g/mol. The Balaban J connectivity index is 1.55. The summed E-state index contributed by atoms with van der Waals surface area (Å²) in [6, 6.07) is 12.3. The number of hydrogen-bond donors (Lipinski definition) is 1. The summed E-state index contributed by atoms with van der Waals surface area (Å²) in [4.78, 5) is 37.2. The molecule has 1 aliphatic heterocycles. The zero-order chi connectivity index (χ0) is 21.3. The summed E-state index contributed by atoms with van der Waals surface area (Å²) in [6.45, 7) is 0.580. The highest BCUT2D eigenvalue weighted by molar-refractivity contribution is 6.34. The molecule has 1 N–H and O–H groups in total. The van der Waals surface area contributed by atoms with Crippen molar-refractivity contribution in [3.05, 3.63) is 86.8 Å². The number of nitro groups is 1. The van der Waals surface area contributed by atoms with E-state index < -0.39 is 10.8 Å². The third-order valence-electron chi connectivity index (χ3n) is 4.84. The molecule has 0 saturated heterocycles. The number of nitro benzene ring substituents is 1. The third-order valence-corrected chi connectivity index (χ3v) is 5.15. The molecule has 0 radical (unpaired) electrons. The summed E-state index contributed by atoms with van der Waals surface area (Å²) >= 11 is 6.03. The molecule has 3 aromatic rings. The van der Waals surface area contributed by atoms with Gasteiger partial charge in [-0.2, -0.15) is 0 Å². The number of nitrogens with one attached hydrogen (secondary N) is 1. The van der Waals surface area contributed by atoms with Crippen LogP contribution in [0.1, 0.15) is 32.9 Å². The molecule has 4 rings (SSSR count). The maximum Gasteiger partial charge on any atom is 0.293 e. The van der Waals surface area contributed by atoms with Crippen molar-refractivity contribution in [1.29, 1.82) is 0 Å². The number of rotatable bonds is 4. The zero-order valence-electron chi connectivity index (χ0n) is 15.6. The van der Waals surface area contributed by atoms with Gasteiger partial charge in [0.1, 0.15) is 0 Å². The number of nitrogens with zero attached hydrogens (tertiary/aromatic N) is 2. The number of amides is 2. The van der Waals surface area contributed by atoms with Crippen molar-refractivity contribution in [3.63, 3.8) is 0 Å². The molecule has 0 spiro atoms. The second-order valence-corrected chi connectivity index (χ2v) is 7.16. The van der Waals surface area contributed by atoms with Crippen molar-refractivity contribution in [2.45, 2.75) is 12.8 Å². The highest BCUT2D eigenvalue weighted by Crippen LogP contribution is 2.31. The highest BCUT2D eigenvalue weighted by atomic mass is 35.5. The van der Waals surface area contributed by atoms with Crippen molar-refractivity contribution in [3.8, 4) is 0 Å². The smallest absolute Gasteiger partial charge is 0.293 e. The highest BCUT2D eigenvalue weighted by Gasteiger charge is 2.25. The van der Waals surface area contributed by atoms with E-state index in [2.05, 4.69) is 5.32 Å². The molecule has 152 valence electrons. The summed E-state index contributed by atoms with van der Waals surface area (Å²) in [7, 11) is 0. The molecule has 2 heterocycles. The first-order chi connectivity index (χ1) is 14.4. The van der Waals surface area contributed by atoms with Crippen molar-refractivity contribution >= 4 is 40.5 Å². The Morgan fingerprint density at radius 3 is 2.70 bits per heavy atom. The predicted octanol–water partition coefficient (Wildman–Crippen LogP) is 4.69. The van der Waals surface area contributed by atoms with Gasteiger partial charge in [0.2, 0.25) is 0 Å². The minimum atomic E-state index is -0.577. The standard InChI is InChI=1S/C21H16ClN3O5/c22-17-12-15(25(28)29)6-7-16(17)20(26)23-14-5-8-18-13(11-14)3-1-9-24(18)21(27)19-4-2-10-30-19/h2,4-8,10-12H,1,3,9H2,(H,23,26).